The molecular formula is C23H27Cl2N5O3. The van der Waals surface area contributed by atoms with Crippen molar-refractivity contribution >= 4 is 53.4 Å². The van der Waals surface area contributed by atoms with Crippen molar-refractivity contribution in [1.29, 1.82) is 0 Å². The van der Waals surface area contributed by atoms with E-state index in [0.717, 1.165) is 55.2 Å². The first-order valence-electron chi connectivity index (χ1n) is 10.5. The van der Waals surface area contributed by atoms with E-state index in [1.807, 2.05) is 42.5 Å². The number of hydrogen-bond donors (Lipinski definition) is 3. The first kappa shape index (κ1) is 24.9. The number of oxime groups is 1. The molecule has 0 radical (unpaired) electrons. The van der Waals surface area contributed by atoms with Crippen LogP contribution in [0.3, 0.4) is 0 Å². The fourth-order valence-corrected chi connectivity index (χ4v) is 4.14. The second-order valence-corrected chi connectivity index (χ2v) is 7.65. The van der Waals surface area contributed by atoms with E-state index in [4.69, 9.17) is 9.57 Å². The molecule has 176 valence electrons. The van der Waals surface area contributed by atoms with Gasteiger partial charge in [-0.1, -0.05) is 23.4 Å². The van der Waals surface area contributed by atoms with Gasteiger partial charge in [0.25, 0.3) is 5.91 Å². The zero-order valence-corrected chi connectivity index (χ0v) is 19.9. The van der Waals surface area contributed by atoms with Gasteiger partial charge >= 0.3 is 0 Å². The summed E-state index contributed by atoms with van der Waals surface area (Å²) in [7, 11) is 1.61. The summed E-state index contributed by atoms with van der Waals surface area (Å²) < 4.78 is 5.37. The van der Waals surface area contributed by atoms with Crippen LogP contribution in [0.2, 0.25) is 0 Å². The third-order valence-electron chi connectivity index (χ3n) is 5.76. The van der Waals surface area contributed by atoms with Gasteiger partial charge in [-0.3, -0.25) is 9.69 Å². The fourth-order valence-electron chi connectivity index (χ4n) is 4.14. The molecule has 1 saturated heterocycles. The number of anilines is 2. The highest BCUT2D eigenvalue weighted by Crippen LogP contribution is 2.40. The zero-order valence-electron chi connectivity index (χ0n) is 18.2. The molecule has 0 aromatic heterocycles. The van der Waals surface area contributed by atoms with Crippen LogP contribution in [-0.2, 0) is 9.63 Å². The maximum atomic E-state index is 12.9. The normalized spacial score (nSPS) is 20.2. The second-order valence-electron chi connectivity index (χ2n) is 7.65. The number of ether oxygens (including phenoxy) is 1. The second kappa shape index (κ2) is 10.9. The van der Waals surface area contributed by atoms with Crippen molar-refractivity contribution in [2.75, 3.05) is 57.1 Å². The van der Waals surface area contributed by atoms with E-state index in [2.05, 4.69) is 26.0 Å². The third-order valence-corrected chi connectivity index (χ3v) is 5.76. The summed E-state index contributed by atoms with van der Waals surface area (Å²) in [6.45, 7) is 5.34. The number of benzene rings is 2. The van der Waals surface area contributed by atoms with Crippen LogP contribution in [-0.4, -0.2) is 63.0 Å². The summed E-state index contributed by atoms with van der Waals surface area (Å²) >= 11 is 0. The number of carbonyl (C=O) groups excluding carboxylic acids is 1. The molecular weight excluding hydrogens is 465 g/mol. The van der Waals surface area contributed by atoms with Crippen molar-refractivity contribution in [3.8, 4) is 5.75 Å². The van der Waals surface area contributed by atoms with Crippen molar-refractivity contribution < 1.29 is 14.4 Å². The van der Waals surface area contributed by atoms with Crippen LogP contribution in [0.15, 0.2) is 53.3 Å². The van der Waals surface area contributed by atoms with Crippen molar-refractivity contribution in [3.63, 3.8) is 0 Å². The molecule has 1 amide bonds. The average Bonchev–Trinajstić information content (AvgIpc) is 3.33. The molecule has 0 bridgehead atoms. The van der Waals surface area contributed by atoms with Crippen molar-refractivity contribution in [2.45, 2.75) is 0 Å². The monoisotopic (exact) mass is 491 g/mol. The summed E-state index contributed by atoms with van der Waals surface area (Å²) in [6.07, 6.45) is 0. The first-order chi connectivity index (χ1) is 15.2. The molecule has 5 rings (SSSR count). The van der Waals surface area contributed by atoms with Crippen LogP contribution in [0.25, 0.3) is 5.57 Å². The molecule has 3 aliphatic rings. The lowest BCUT2D eigenvalue weighted by Gasteiger charge is -2.26. The lowest BCUT2D eigenvalue weighted by molar-refractivity contribution is -0.110. The Morgan fingerprint density at radius 2 is 1.76 bits per heavy atom. The van der Waals surface area contributed by atoms with E-state index in [9.17, 15) is 4.79 Å². The SMILES string of the molecule is COc1ccc2c(c1)/C(=C1/Nc3ccccc3/C1=N\OCCN1CCNCC1)C(=O)N2.Cl.Cl. The van der Waals surface area contributed by atoms with Crippen LogP contribution in [0.5, 0.6) is 5.75 Å². The number of halogens is 2. The number of nitrogens with zero attached hydrogens (tertiary/aromatic N) is 2. The Kier molecular flexibility index (Phi) is 8.20. The number of para-hydroxylation sites is 1. The number of carbonyl (C=O) groups is 1. The number of methoxy groups -OCH3 is 1. The average molecular weight is 492 g/mol. The standard InChI is InChI=1S/C23H25N5O3.2ClH/c1-30-15-6-7-19-17(14-15)20(23(29)26-19)22-21(16-4-2-3-5-18(16)25-22)27-31-13-12-28-10-8-24-9-11-28;;/h2-7,14,24-25H,8-13H2,1H3,(H,26,29);2*1H/b22-20-,27-21+;;. The van der Waals surface area contributed by atoms with Gasteiger partial charge in [-0.15, -0.1) is 24.8 Å². The summed E-state index contributed by atoms with van der Waals surface area (Å²) in [4.78, 5) is 21.0. The number of rotatable bonds is 5. The van der Waals surface area contributed by atoms with Crippen LogP contribution < -0.4 is 20.7 Å². The third kappa shape index (κ3) is 4.94. The van der Waals surface area contributed by atoms with Gasteiger partial charge < -0.3 is 25.5 Å². The van der Waals surface area contributed by atoms with Crippen molar-refractivity contribution in [3.05, 3.63) is 59.3 Å². The number of nitrogens with one attached hydrogen (secondary N) is 3. The molecule has 33 heavy (non-hydrogen) atoms. The molecule has 0 saturated carbocycles. The minimum atomic E-state index is -0.174. The van der Waals surface area contributed by atoms with Gasteiger partial charge in [-0.2, -0.15) is 0 Å². The van der Waals surface area contributed by atoms with Gasteiger partial charge in [-0.25, -0.2) is 0 Å². The van der Waals surface area contributed by atoms with Crippen molar-refractivity contribution in [2.24, 2.45) is 5.16 Å². The maximum absolute atomic E-state index is 12.9. The van der Waals surface area contributed by atoms with Gasteiger partial charge in [0.2, 0.25) is 0 Å². The smallest absolute Gasteiger partial charge is 0.258 e. The Bertz CT molecular complexity index is 1080. The lowest BCUT2D eigenvalue weighted by Crippen LogP contribution is -2.44. The predicted molar refractivity (Wildman–Crippen MR) is 135 cm³/mol. The lowest BCUT2D eigenvalue weighted by atomic mass is 10.0. The molecule has 2 aromatic carbocycles. The molecule has 2 aromatic rings. The number of amides is 1. The Balaban J connectivity index is 0.00000153. The highest BCUT2D eigenvalue weighted by Gasteiger charge is 2.34. The Labute approximate surface area is 205 Å². The Morgan fingerprint density at radius 3 is 2.55 bits per heavy atom. The molecule has 8 nitrogen and oxygen atoms in total. The zero-order chi connectivity index (χ0) is 21.2. The van der Waals surface area contributed by atoms with Crippen LogP contribution >= 0.6 is 24.8 Å². The first-order valence-corrected chi connectivity index (χ1v) is 10.5. The molecule has 3 N–H and O–H groups in total. The molecule has 3 heterocycles. The molecule has 10 heteroatoms. The minimum absolute atomic E-state index is 0. The highest BCUT2D eigenvalue weighted by molar-refractivity contribution is 6.39. The van der Waals surface area contributed by atoms with Gasteiger partial charge in [-0.05, 0) is 24.3 Å². The molecule has 0 aliphatic carbocycles. The number of hydrogen-bond acceptors (Lipinski definition) is 7. The van der Waals surface area contributed by atoms with E-state index in [1.54, 1.807) is 7.11 Å². The highest BCUT2D eigenvalue weighted by atomic mass is 35.5. The van der Waals surface area contributed by atoms with Crippen LogP contribution in [0.1, 0.15) is 11.1 Å². The molecule has 0 unspecified atom stereocenters. The summed E-state index contributed by atoms with van der Waals surface area (Å²) in [5, 5.41) is 14.1. The van der Waals surface area contributed by atoms with E-state index in [-0.39, 0.29) is 30.7 Å². The van der Waals surface area contributed by atoms with E-state index >= 15 is 0 Å². The largest absolute Gasteiger partial charge is 0.497 e. The van der Waals surface area contributed by atoms with Gasteiger partial charge in [0.1, 0.15) is 18.1 Å². The van der Waals surface area contributed by atoms with Crippen LogP contribution in [0, 0.1) is 0 Å². The van der Waals surface area contributed by atoms with E-state index < -0.39 is 0 Å². The Morgan fingerprint density at radius 1 is 1.00 bits per heavy atom. The maximum Gasteiger partial charge on any atom is 0.258 e. The summed E-state index contributed by atoms with van der Waals surface area (Å²) in [5.74, 6) is 0.515. The van der Waals surface area contributed by atoms with Gasteiger partial charge in [0.15, 0.2) is 0 Å². The number of piperazine rings is 1. The quantitative estimate of drug-likeness (QED) is 0.338. The van der Waals surface area contributed by atoms with Crippen molar-refractivity contribution in [1.82, 2.24) is 10.2 Å². The molecule has 1 fully saturated rings. The summed E-state index contributed by atoms with van der Waals surface area (Å²) in [6, 6.07) is 13.4. The topological polar surface area (TPSA) is 87.2 Å². The van der Waals surface area contributed by atoms with Crippen LogP contribution in [0.4, 0.5) is 11.4 Å². The predicted octanol–water partition coefficient (Wildman–Crippen LogP) is 2.95. The van der Waals surface area contributed by atoms with Gasteiger partial charge in [0, 0.05) is 55.2 Å². The molecule has 0 atom stereocenters. The minimum Gasteiger partial charge on any atom is -0.497 e. The van der Waals surface area contributed by atoms with E-state index in [1.165, 1.54) is 0 Å². The molecule has 3 aliphatic heterocycles. The molecule has 0 spiro atoms. The summed E-state index contributed by atoms with van der Waals surface area (Å²) in [5.41, 5.74) is 5.17. The van der Waals surface area contributed by atoms with E-state index in [0.29, 0.717) is 29.3 Å². The fraction of sp³-hybridized carbons (Fsp3) is 0.304. The number of fused-ring (bicyclic) bond motifs is 2. The Hall–Kier alpha value is -2.78. The van der Waals surface area contributed by atoms with Gasteiger partial charge in [0.05, 0.1) is 18.4 Å². The number of allylic oxidation sites excluding steroid dienone is 1.